The highest BCUT2D eigenvalue weighted by Crippen LogP contribution is 2.44. The third kappa shape index (κ3) is 4.75. The van der Waals surface area contributed by atoms with E-state index < -0.39 is 11.5 Å². The lowest BCUT2D eigenvalue weighted by Gasteiger charge is -2.25. The number of hydrogen-bond acceptors (Lipinski definition) is 5. The summed E-state index contributed by atoms with van der Waals surface area (Å²) in [5, 5.41) is 19.1. The van der Waals surface area contributed by atoms with E-state index in [1.807, 2.05) is 30.8 Å². The van der Waals surface area contributed by atoms with E-state index in [-0.39, 0.29) is 17.5 Å². The van der Waals surface area contributed by atoms with Gasteiger partial charge in [0.2, 0.25) is 5.91 Å². The van der Waals surface area contributed by atoms with Crippen LogP contribution in [0.1, 0.15) is 71.9 Å². The number of carbonyl (C=O) groups excluding carboxylic acids is 2. The number of amides is 2. The van der Waals surface area contributed by atoms with Gasteiger partial charge in [-0.15, -0.1) is 11.3 Å². The highest BCUT2D eigenvalue weighted by molar-refractivity contribution is 7.07. The summed E-state index contributed by atoms with van der Waals surface area (Å²) >= 11 is 1.57. The molecule has 0 atom stereocenters. The number of anilines is 1. The van der Waals surface area contributed by atoms with E-state index in [0.717, 1.165) is 40.6 Å². The molecule has 0 aliphatic heterocycles. The minimum Gasteiger partial charge on any atom is -0.477 e. The first-order chi connectivity index (χ1) is 20.0. The zero-order valence-electron chi connectivity index (χ0n) is 24.0. The largest absolute Gasteiger partial charge is 0.477 e. The van der Waals surface area contributed by atoms with Gasteiger partial charge in [-0.05, 0) is 74.6 Å². The van der Waals surface area contributed by atoms with E-state index in [1.54, 1.807) is 61.1 Å². The van der Waals surface area contributed by atoms with Crippen molar-refractivity contribution in [3.63, 3.8) is 0 Å². The van der Waals surface area contributed by atoms with Crippen LogP contribution < -0.4 is 10.6 Å². The molecule has 0 bridgehead atoms. The molecule has 0 radical (unpaired) electrons. The average molecular weight is 584 g/mol. The number of aryl methyl sites for hydroxylation is 2. The van der Waals surface area contributed by atoms with Gasteiger partial charge in [-0.1, -0.05) is 18.9 Å². The number of aromatic nitrogens is 3. The quantitative estimate of drug-likeness (QED) is 0.208. The summed E-state index contributed by atoms with van der Waals surface area (Å²) in [6, 6.07) is 12.5. The Hall–Kier alpha value is -4.44. The number of hydrogen-bond donors (Lipinski definition) is 3. The standard InChI is InChI=1S/C32H33N5O4S/c1-32(2,31(41)34-21-10-12-24-20(13-21)15-26(30(39)40)36(24)3)35-29(38)19-9-11-22-25(14-19)37(4)28(23-16-42-17-33-23)27(22)18-7-5-6-8-18/h9-18H,5-8H2,1-4H3,(H,34,41)(H,35,38)(H,39,40). The molecule has 3 heterocycles. The maximum Gasteiger partial charge on any atom is 0.352 e. The minimum absolute atomic E-state index is 0.158. The number of rotatable bonds is 7. The molecule has 216 valence electrons. The first kappa shape index (κ1) is 27.7. The average Bonchev–Trinajstić information content (AvgIpc) is 3.75. The van der Waals surface area contributed by atoms with Gasteiger partial charge in [-0.3, -0.25) is 9.59 Å². The van der Waals surface area contributed by atoms with E-state index in [1.165, 1.54) is 18.4 Å². The Kier molecular flexibility index (Phi) is 6.89. The van der Waals surface area contributed by atoms with Crippen LogP contribution in [0.4, 0.5) is 5.69 Å². The molecule has 1 saturated carbocycles. The lowest BCUT2D eigenvalue weighted by Crippen LogP contribution is -2.52. The van der Waals surface area contributed by atoms with Gasteiger partial charge in [0.25, 0.3) is 5.91 Å². The van der Waals surface area contributed by atoms with Crippen LogP contribution in [0.2, 0.25) is 0 Å². The van der Waals surface area contributed by atoms with Gasteiger partial charge in [0.05, 0.1) is 16.9 Å². The third-order valence-electron chi connectivity index (χ3n) is 8.45. The topological polar surface area (TPSA) is 118 Å². The van der Waals surface area contributed by atoms with Crippen LogP contribution in [-0.2, 0) is 18.9 Å². The summed E-state index contributed by atoms with van der Waals surface area (Å²) in [5.74, 6) is -1.29. The molecule has 5 aromatic rings. The maximum absolute atomic E-state index is 13.5. The van der Waals surface area contributed by atoms with Crippen molar-refractivity contribution in [2.75, 3.05) is 5.32 Å². The Morgan fingerprint density at radius 1 is 1.00 bits per heavy atom. The lowest BCUT2D eigenvalue weighted by molar-refractivity contribution is -0.120. The number of nitrogens with zero attached hydrogens (tertiary/aromatic N) is 3. The van der Waals surface area contributed by atoms with Crippen molar-refractivity contribution in [1.29, 1.82) is 0 Å². The van der Waals surface area contributed by atoms with Gasteiger partial charge in [0.1, 0.15) is 11.2 Å². The zero-order chi connectivity index (χ0) is 29.8. The first-order valence-electron chi connectivity index (χ1n) is 14.0. The molecule has 2 aromatic carbocycles. The van der Waals surface area contributed by atoms with Crippen LogP contribution >= 0.6 is 11.3 Å². The Morgan fingerprint density at radius 2 is 1.76 bits per heavy atom. The Bertz CT molecular complexity index is 1860. The summed E-state index contributed by atoms with van der Waals surface area (Å²) < 4.78 is 3.73. The van der Waals surface area contributed by atoms with Crippen molar-refractivity contribution in [1.82, 2.24) is 19.4 Å². The van der Waals surface area contributed by atoms with Crippen LogP contribution in [0, 0.1) is 0 Å². The molecular weight excluding hydrogens is 550 g/mol. The number of carboxylic acids is 1. The van der Waals surface area contributed by atoms with Crippen molar-refractivity contribution in [3.8, 4) is 11.4 Å². The molecular formula is C32H33N5O4S. The summed E-state index contributed by atoms with van der Waals surface area (Å²) in [5.41, 5.74) is 6.85. The number of thiazole rings is 1. The smallest absolute Gasteiger partial charge is 0.352 e. The molecule has 2 amide bonds. The zero-order valence-corrected chi connectivity index (χ0v) is 24.8. The first-order valence-corrected chi connectivity index (χ1v) is 15.0. The molecule has 3 N–H and O–H groups in total. The Balaban J connectivity index is 1.25. The second-order valence-corrected chi connectivity index (χ2v) is 12.3. The highest BCUT2D eigenvalue weighted by atomic mass is 32.1. The highest BCUT2D eigenvalue weighted by Gasteiger charge is 2.31. The van der Waals surface area contributed by atoms with Crippen molar-refractivity contribution >= 4 is 56.6 Å². The summed E-state index contributed by atoms with van der Waals surface area (Å²) in [7, 11) is 3.71. The number of nitrogens with one attached hydrogen (secondary N) is 2. The number of aromatic carboxylic acids is 1. The lowest BCUT2D eigenvalue weighted by atomic mass is 9.93. The van der Waals surface area contributed by atoms with Crippen LogP contribution in [0.15, 0.2) is 53.4 Å². The number of carbonyl (C=O) groups is 3. The fourth-order valence-electron chi connectivity index (χ4n) is 6.21. The SMILES string of the molecule is Cn1c(C(=O)O)cc2cc(NC(=O)C(C)(C)NC(=O)c3ccc4c(C5CCCC5)c(-c5cscn5)n(C)c4c3)ccc21. The van der Waals surface area contributed by atoms with Crippen molar-refractivity contribution in [3.05, 3.63) is 70.2 Å². The molecule has 1 aliphatic carbocycles. The summed E-state index contributed by atoms with van der Waals surface area (Å²) in [6.45, 7) is 3.31. The van der Waals surface area contributed by atoms with Gasteiger partial charge in [-0.25, -0.2) is 9.78 Å². The van der Waals surface area contributed by atoms with Crippen LogP contribution in [0.3, 0.4) is 0 Å². The molecule has 10 heteroatoms. The molecule has 42 heavy (non-hydrogen) atoms. The maximum atomic E-state index is 13.5. The molecule has 0 spiro atoms. The molecule has 6 rings (SSSR count). The van der Waals surface area contributed by atoms with Gasteiger partial charge >= 0.3 is 5.97 Å². The van der Waals surface area contributed by atoms with Gasteiger partial charge < -0.3 is 24.9 Å². The van der Waals surface area contributed by atoms with Crippen LogP contribution in [0.25, 0.3) is 33.2 Å². The van der Waals surface area contributed by atoms with E-state index in [2.05, 4.69) is 25.6 Å². The third-order valence-corrected chi connectivity index (χ3v) is 9.04. The molecule has 3 aromatic heterocycles. The Morgan fingerprint density at radius 3 is 2.45 bits per heavy atom. The van der Waals surface area contributed by atoms with Gasteiger partial charge in [0, 0.05) is 52.5 Å². The van der Waals surface area contributed by atoms with E-state index in [9.17, 15) is 19.5 Å². The minimum atomic E-state index is -1.22. The number of fused-ring (bicyclic) bond motifs is 2. The fourth-order valence-corrected chi connectivity index (χ4v) is 6.74. The van der Waals surface area contributed by atoms with E-state index >= 15 is 0 Å². The fraction of sp³-hybridized carbons (Fsp3) is 0.312. The second-order valence-electron chi connectivity index (χ2n) is 11.6. The molecule has 0 unspecified atom stereocenters. The van der Waals surface area contributed by atoms with Crippen LogP contribution in [0.5, 0.6) is 0 Å². The van der Waals surface area contributed by atoms with Crippen molar-refractivity contribution < 1.29 is 19.5 Å². The van der Waals surface area contributed by atoms with Crippen molar-refractivity contribution in [2.24, 2.45) is 14.1 Å². The Labute approximate surface area is 247 Å². The van der Waals surface area contributed by atoms with Gasteiger partial charge in [-0.2, -0.15) is 0 Å². The van der Waals surface area contributed by atoms with Crippen LogP contribution in [-0.4, -0.2) is 42.5 Å². The predicted octanol–water partition coefficient (Wildman–Crippen LogP) is 6.30. The predicted molar refractivity (Wildman–Crippen MR) is 165 cm³/mol. The summed E-state index contributed by atoms with van der Waals surface area (Å²) in [6.07, 6.45) is 4.75. The number of benzene rings is 2. The summed E-state index contributed by atoms with van der Waals surface area (Å²) in [4.78, 5) is 42.8. The molecule has 1 fully saturated rings. The van der Waals surface area contributed by atoms with Gasteiger partial charge in [0.15, 0.2) is 0 Å². The monoisotopic (exact) mass is 583 g/mol. The number of carboxylic acid groups (broad SMARTS) is 1. The van der Waals surface area contributed by atoms with E-state index in [4.69, 9.17) is 0 Å². The van der Waals surface area contributed by atoms with Crippen molar-refractivity contribution in [2.45, 2.75) is 51.0 Å². The molecule has 1 aliphatic rings. The molecule has 9 nitrogen and oxygen atoms in total. The molecule has 0 saturated heterocycles. The van der Waals surface area contributed by atoms with E-state index in [0.29, 0.717) is 22.6 Å². The normalized spacial score (nSPS) is 14.1. The second kappa shape index (κ2) is 10.4.